The first-order valence-corrected chi connectivity index (χ1v) is 5.65. The second kappa shape index (κ2) is 4.80. The first-order chi connectivity index (χ1) is 8.61. The molecule has 0 aliphatic heterocycles. The largest absolute Gasteiger partial charge is 0.456 e. The van der Waals surface area contributed by atoms with Crippen LogP contribution in [0.1, 0.15) is 16.7 Å². The molecule has 0 radical (unpaired) electrons. The Kier molecular flexibility index (Phi) is 3.20. The van der Waals surface area contributed by atoms with Crippen LogP contribution in [0.15, 0.2) is 36.4 Å². The molecule has 0 aliphatic rings. The summed E-state index contributed by atoms with van der Waals surface area (Å²) in [6, 6.07) is 13.1. The van der Waals surface area contributed by atoms with Crippen LogP contribution < -0.4 is 10.5 Å². The van der Waals surface area contributed by atoms with E-state index in [0.717, 1.165) is 11.1 Å². The monoisotopic (exact) mass is 238 g/mol. The maximum absolute atomic E-state index is 9.09. The predicted octanol–water partition coefficient (Wildman–Crippen LogP) is 3.55. The lowest BCUT2D eigenvalue weighted by Gasteiger charge is -2.11. The molecule has 2 N–H and O–H groups in total. The van der Waals surface area contributed by atoms with Gasteiger partial charge in [0.15, 0.2) is 0 Å². The fraction of sp³-hybridized carbons (Fsp3) is 0.133. The Morgan fingerprint density at radius 3 is 2.61 bits per heavy atom. The third-order valence-corrected chi connectivity index (χ3v) is 2.80. The average Bonchev–Trinajstić information content (AvgIpc) is 2.37. The molecule has 0 heterocycles. The number of nitriles is 1. The number of aryl methyl sites for hydroxylation is 1. The van der Waals surface area contributed by atoms with Crippen molar-refractivity contribution in [3.05, 3.63) is 53.1 Å². The second-order valence-corrected chi connectivity index (χ2v) is 4.18. The number of rotatable bonds is 2. The maximum Gasteiger partial charge on any atom is 0.145 e. The highest BCUT2D eigenvalue weighted by Crippen LogP contribution is 2.30. The number of nitrogens with zero attached hydrogens (tertiary/aromatic N) is 1. The minimum atomic E-state index is 0.525. The van der Waals surface area contributed by atoms with E-state index in [9.17, 15) is 0 Å². The number of anilines is 1. The predicted molar refractivity (Wildman–Crippen MR) is 71.6 cm³/mol. The first kappa shape index (κ1) is 12.0. The summed E-state index contributed by atoms with van der Waals surface area (Å²) in [6.45, 7) is 3.83. The molecular weight excluding hydrogens is 224 g/mol. The molecule has 3 nitrogen and oxygen atoms in total. The maximum atomic E-state index is 9.09. The zero-order valence-corrected chi connectivity index (χ0v) is 10.4. The van der Waals surface area contributed by atoms with Crippen LogP contribution in [0.5, 0.6) is 11.5 Å². The van der Waals surface area contributed by atoms with E-state index in [1.807, 2.05) is 38.1 Å². The zero-order chi connectivity index (χ0) is 13.1. The molecule has 18 heavy (non-hydrogen) atoms. The molecular formula is C15H14N2O. The minimum Gasteiger partial charge on any atom is -0.456 e. The van der Waals surface area contributed by atoms with E-state index in [4.69, 9.17) is 15.7 Å². The Morgan fingerprint density at radius 2 is 1.89 bits per heavy atom. The molecule has 0 atom stereocenters. The highest BCUT2D eigenvalue weighted by Gasteiger charge is 2.08. The average molecular weight is 238 g/mol. The Morgan fingerprint density at radius 1 is 1.11 bits per heavy atom. The molecule has 0 saturated heterocycles. The second-order valence-electron chi connectivity index (χ2n) is 4.18. The van der Waals surface area contributed by atoms with Crippen molar-refractivity contribution in [3.63, 3.8) is 0 Å². The summed E-state index contributed by atoms with van der Waals surface area (Å²) in [7, 11) is 0. The fourth-order valence-corrected chi connectivity index (χ4v) is 1.68. The molecule has 0 spiro atoms. The highest BCUT2D eigenvalue weighted by atomic mass is 16.5. The Balaban J connectivity index is 2.41. The number of hydrogen-bond acceptors (Lipinski definition) is 3. The number of benzene rings is 2. The molecule has 3 heteroatoms. The van der Waals surface area contributed by atoms with Gasteiger partial charge in [0.25, 0.3) is 0 Å². The van der Waals surface area contributed by atoms with Gasteiger partial charge >= 0.3 is 0 Å². The summed E-state index contributed by atoms with van der Waals surface area (Å²) in [4.78, 5) is 0. The van der Waals surface area contributed by atoms with Gasteiger partial charge in [0.1, 0.15) is 17.6 Å². The molecule has 0 amide bonds. The van der Waals surface area contributed by atoms with Crippen molar-refractivity contribution in [2.24, 2.45) is 0 Å². The summed E-state index contributed by atoms with van der Waals surface area (Å²) in [5.74, 6) is 1.23. The molecule has 2 aromatic rings. The third kappa shape index (κ3) is 2.28. The zero-order valence-electron chi connectivity index (χ0n) is 10.4. The van der Waals surface area contributed by atoms with Gasteiger partial charge in [0.2, 0.25) is 0 Å². The molecule has 2 rings (SSSR count). The normalized spacial score (nSPS) is 9.83. The van der Waals surface area contributed by atoms with E-state index < -0.39 is 0 Å². The third-order valence-electron chi connectivity index (χ3n) is 2.80. The van der Waals surface area contributed by atoms with Crippen molar-refractivity contribution >= 4 is 5.69 Å². The van der Waals surface area contributed by atoms with Crippen molar-refractivity contribution in [3.8, 4) is 17.6 Å². The Hall–Kier alpha value is -2.47. The van der Waals surface area contributed by atoms with Crippen LogP contribution in [0.3, 0.4) is 0 Å². The van der Waals surface area contributed by atoms with Gasteiger partial charge in [-0.3, -0.25) is 0 Å². The van der Waals surface area contributed by atoms with Crippen molar-refractivity contribution in [1.29, 1.82) is 5.26 Å². The summed E-state index contributed by atoms with van der Waals surface area (Å²) in [6.07, 6.45) is 0. The van der Waals surface area contributed by atoms with Gasteiger partial charge < -0.3 is 10.5 Å². The summed E-state index contributed by atoms with van der Waals surface area (Å²) >= 11 is 0. The summed E-state index contributed by atoms with van der Waals surface area (Å²) < 4.78 is 5.76. The topological polar surface area (TPSA) is 59.0 Å². The quantitative estimate of drug-likeness (QED) is 0.814. The summed E-state index contributed by atoms with van der Waals surface area (Å²) in [5, 5.41) is 9.09. The van der Waals surface area contributed by atoms with Crippen LogP contribution in [0.4, 0.5) is 5.69 Å². The molecule has 0 fully saturated rings. The van der Waals surface area contributed by atoms with Gasteiger partial charge in [-0.25, -0.2) is 0 Å². The van der Waals surface area contributed by atoms with Gasteiger partial charge in [-0.2, -0.15) is 5.26 Å². The highest BCUT2D eigenvalue weighted by molar-refractivity contribution is 5.55. The van der Waals surface area contributed by atoms with Crippen molar-refractivity contribution in [2.45, 2.75) is 13.8 Å². The van der Waals surface area contributed by atoms with Crippen LogP contribution in [0.2, 0.25) is 0 Å². The standard InChI is InChI=1S/C15H14N2O/c1-10-6-7-15(12(8-10)9-16)18-14-5-3-4-13(17)11(14)2/h3-8H,17H2,1-2H3. The van der Waals surface area contributed by atoms with Gasteiger partial charge in [-0.15, -0.1) is 0 Å². The molecule has 0 unspecified atom stereocenters. The molecule has 0 aliphatic carbocycles. The van der Waals surface area contributed by atoms with Gasteiger partial charge in [0, 0.05) is 11.3 Å². The molecule has 0 aromatic heterocycles. The van der Waals surface area contributed by atoms with Gasteiger partial charge in [-0.1, -0.05) is 12.1 Å². The summed E-state index contributed by atoms with van der Waals surface area (Å²) in [5.41, 5.74) is 8.94. The molecule has 0 saturated carbocycles. The van der Waals surface area contributed by atoms with E-state index >= 15 is 0 Å². The van der Waals surface area contributed by atoms with Crippen LogP contribution in [0.25, 0.3) is 0 Å². The van der Waals surface area contributed by atoms with Crippen molar-refractivity contribution in [1.82, 2.24) is 0 Å². The van der Waals surface area contributed by atoms with Crippen molar-refractivity contribution < 1.29 is 4.74 Å². The smallest absolute Gasteiger partial charge is 0.145 e. The van der Waals surface area contributed by atoms with Crippen molar-refractivity contribution in [2.75, 3.05) is 5.73 Å². The SMILES string of the molecule is Cc1ccc(Oc2cccc(N)c2C)c(C#N)c1. The molecule has 0 bridgehead atoms. The van der Waals surface area contributed by atoms with E-state index in [2.05, 4.69) is 6.07 Å². The lowest BCUT2D eigenvalue weighted by molar-refractivity contribution is 0.477. The van der Waals surface area contributed by atoms with Gasteiger partial charge in [-0.05, 0) is 43.7 Å². The number of nitrogens with two attached hydrogens (primary N) is 1. The van der Waals surface area contributed by atoms with Crippen LogP contribution in [-0.2, 0) is 0 Å². The van der Waals surface area contributed by atoms with Crippen LogP contribution in [0, 0.1) is 25.2 Å². The number of nitrogen functional groups attached to an aromatic ring is 1. The van der Waals surface area contributed by atoms with E-state index in [1.165, 1.54) is 0 Å². The number of hydrogen-bond donors (Lipinski definition) is 1. The first-order valence-electron chi connectivity index (χ1n) is 5.65. The Bertz CT molecular complexity index is 627. The van der Waals surface area contributed by atoms with Crippen LogP contribution in [-0.4, -0.2) is 0 Å². The lowest BCUT2D eigenvalue weighted by atomic mass is 10.1. The van der Waals surface area contributed by atoms with E-state index in [1.54, 1.807) is 12.1 Å². The fourth-order valence-electron chi connectivity index (χ4n) is 1.68. The van der Waals surface area contributed by atoms with E-state index in [0.29, 0.717) is 22.7 Å². The molecule has 2 aromatic carbocycles. The van der Waals surface area contributed by atoms with Crippen LogP contribution >= 0.6 is 0 Å². The number of ether oxygens (including phenoxy) is 1. The van der Waals surface area contributed by atoms with Gasteiger partial charge in [0.05, 0.1) is 5.56 Å². The van der Waals surface area contributed by atoms with E-state index in [-0.39, 0.29) is 0 Å². The lowest BCUT2D eigenvalue weighted by Crippen LogP contribution is -1.95. The molecule has 90 valence electrons. The Labute approximate surface area is 106 Å². The minimum absolute atomic E-state index is 0.525.